The molecule has 1 aliphatic carbocycles. The van der Waals surface area contributed by atoms with Crippen molar-refractivity contribution >= 4 is 0 Å². The van der Waals surface area contributed by atoms with Crippen LogP contribution in [0.25, 0.3) is 11.1 Å². The lowest BCUT2D eigenvalue weighted by Crippen LogP contribution is -2.35. The van der Waals surface area contributed by atoms with Gasteiger partial charge in [-0.05, 0) is 48.1 Å². The molecule has 0 saturated carbocycles. The number of rotatable bonds is 0. The van der Waals surface area contributed by atoms with Crippen molar-refractivity contribution in [2.24, 2.45) is 0 Å². The van der Waals surface area contributed by atoms with E-state index < -0.39 is 6.98 Å². The van der Waals surface area contributed by atoms with Crippen molar-refractivity contribution < 1.29 is 14.3 Å². The second kappa shape index (κ2) is 4.00. The molecule has 2 aliphatic rings. The molecule has 1 atom stereocenters. The standard InChI is InChI=1S/C17H17NO2/c1-18-8-7-10-3-2-4-12-15(10)13(18)9-11-5-6-14(19)17(20)16(11)12/h2-6,13,19-20H,7-9H2,1H3/t13-/m0/s1/i1+1D3. The number of phenolic OH excluding ortho intramolecular Hbond substituents is 2. The minimum atomic E-state index is -2.15. The summed E-state index contributed by atoms with van der Waals surface area (Å²) in [6.07, 6.45) is 1.19. The second-order valence-corrected chi connectivity index (χ2v) is 5.51. The molecule has 2 aromatic rings. The quantitative estimate of drug-likeness (QED) is 0.572. The van der Waals surface area contributed by atoms with Crippen LogP contribution in [0.3, 0.4) is 0 Å². The van der Waals surface area contributed by atoms with Gasteiger partial charge in [0.15, 0.2) is 11.5 Å². The molecule has 2 aromatic carbocycles. The normalized spacial score (nSPS) is 23.2. The Labute approximate surface area is 122 Å². The first kappa shape index (κ1) is 9.03. The Morgan fingerprint density at radius 3 is 2.95 bits per heavy atom. The molecule has 3 nitrogen and oxygen atoms in total. The van der Waals surface area contributed by atoms with Gasteiger partial charge in [-0.25, -0.2) is 0 Å². The predicted molar refractivity (Wildman–Crippen MR) is 78.0 cm³/mol. The topological polar surface area (TPSA) is 43.7 Å². The van der Waals surface area contributed by atoms with Crippen molar-refractivity contribution in [1.82, 2.24) is 4.90 Å². The zero-order chi connectivity index (χ0) is 16.4. The second-order valence-electron chi connectivity index (χ2n) is 5.51. The highest BCUT2D eigenvalue weighted by molar-refractivity contribution is 5.82. The third kappa shape index (κ3) is 1.44. The molecule has 1 aliphatic heterocycles. The lowest BCUT2D eigenvalue weighted by molar-refractivity contribution is 0.228. The molecule has 0 bridgehead atoms. The summed E-state index contributed by atoms with van der Waals surface area (Å²) in [6.45, 7) is -1.65. The molecule has 0 radical (unpaired) electrons. The molecular formula is C17H17NO2. The first-order valence-corrected chi connectivity index (χ1v) is 6.80. The van der Waals surface area contributed by atoms with Crippen molar-refractivity contribution in [3.63, 3.8) is 0 Å². The molecule has 0 spiro atoms. The van der Waals surface area contributed by atoms with Gasteiger partial charge in [-0.1, -0.05) is 24.3 Å². The minimum Gasteiger partial charge on any atom is -0.504 e. The van der Waals surface area contributed by atoms with Crippen LogP contribution in [0.4, 0.5) is 0 Å². The van der Waals surface area contributed by atoms with E-state index in [1.54, 1.807) is 11.0 Å². The Hall–Kier alpha value is -2.00. The van der Waals surface area contributed by atoms with Crippen LogP contribution in [0, 0.1) is 0 Å². The first-order valence-electron chi connectivity index (χ1n) is 8.30. The third-order valence-electron chi connectivity index (χ3n) is 4.45. The number of hydrogen-bond acceptors (Lipinski definition) is 3. The van der Waals surface area contributed by atoms with Crippen molar-refractivity contribution in [1.29, 1.82) is 0 Å². The van der Waals surface area contributed by atoms with Crippen LogP contribution in [-0.2, 0) is 12.8 Å². The van der Waals surface area contributed by atoms with Gasteiger partial charge in [-0.2, -0.15) is 0 Å². The fraction of sp³-hybridized carbons (Fsp3) is 0.294. The molecule has 20 heavy (non-hydrogen) atoms. The Bertz CT molecular complexity index is 801. The maximum atomic E-state index is 10.3. The van der Waals surface area contributed by atoms with Crippen LogP contribution in [-0.4, -0.2) is 28.6 Å². The number of benzene rings is 2. The van der Waals surface area contributed by atoms with Gasteiger partial charge in [0.25, 0.3) is 0 Å². The Morgan fingerprint density at radius 1 is 1.20 bits per heavy atom. The van der Waals surface area contributed by atoms with Crippen LogP contribution in [0.5, 0.6) is 11.5 Å². The number of fused-ring (bicyclic) bond motifs is 2. The largest absolute Gasteiger partial charge is 0.504 e. The minimum absolute atomic E-state index is 0.125. The molecule has 0 amide bonds. The monoisotopic (exact) mass is 271 g/mol. The summed E-state index contributed by atoms with van der Waals surface area (Å²) in [6, 6.07) is 8.85. The van der Waals surface area contributed by atoms with E-state index in [0.717, 1.165) is 22.3 Å². The maximum Gasteiger partial charge on any atom is 0.165 e. The van der Waals surface area contributed by atoms with E-state index in [-0.39, 0.29) is 17.5 Å². The summed E-state index contributed by atoms with van der Waals surface area (Å²) in [4.78, 5) is 1.58. The van der Waals surface area contributed by atoms with E-state index >= 15 is 0 Å². The van der Waals surface area contributed by atoms with Gasteiger partial charge in [-0.15, -0.1) is 0 Å². The Kier molecular flexibility index (Phi) is 1.80. The first-order chi connectivity index (χ1) is 10.9. The number of hydrogen-bond donors (Lipinski definition) is 2. The fourth-order valence-electron chi connectivity index (χ4n) is 3.51. The van der Waals surface area contributed by atoms with Gasteiger partial charge in [0.1, 0.15) is 0 Å². The summed E-state index contributed by atoms with van der Waals surface area (Å²) >= 11 is 0. The van der Waals surface area contributed by atoms with Crippen molar-refractivity contribution in [2.75, 3.05) is 13.5 Å². The van der Waals surface area contributed by atoms with Gasteiger partial charge >= 0.3 is 0 Å². The molecule has 3 heteroatoms. The third-order valence-corrected chi connectivity index (χ3v) is 4.45. The van der Waals surface area contributed by atoms with E-state index in [9.17, 15) is 10.2 Å². The van der Waals surface area contributed by atoms with Gasteiger partial charge in [0.2, 0.25) is 0 Å². The molecule has 0 aromatic heterocycles. The smallest absolute Gasteiger partial charge is 0.165 e. The predicted octanol–water partition coefficient (Wildman–Crippen LogP) is 2.85. The van der Waals surface area contributed by atoms with Gasteiger partial charge < -0.3 is 10.2 Å². The zero-order valence-corrected chi connectivity index (χ0v) is 10.9. The van der Waals surface area contributed by atoms with E-state index in [4.69, 9.17) is 4.11 Å². The van der Waals surface area contributed by atoms with Gasteiger partial charge in [-0.3, -0.25) is 4.90 Å². The fourth-order valence-corrected chi connectivity index (χ4v) is 3.51. The molecule has 2 N–H and O–H groups in total. The van der Waals surface area contributed by atoms with Crippen molar-refractivity contribution in [3.8, 4) is 22.6 Å². The highest BCUT2D eigenvalue weighted by Crippen LogP contribution is 2.49. The number of likely N-dealkylation sites (N-methyl/N-ethyl adjacent to an activating group) is 1. The van der Waals surface area contributed by atoms with Crippen LogP contribution >= 0.6 is 0 Å². The van der Waals surface area contributed by atoms with E-state index in [0.29, 0.717) is 24.9 Å². The Balaban J connectivity index is 1.98. The number of phenols is 2. The van der Waals surface area contributed by atoms with Gasteiger partial charge in [0, 0.05) is 22.3 Å². The molecule has 102 valence electrons. The number of nitrogens with zero attached hydrogens (tertiary/aromatic N) is 1. The molecule has 1 heterocycles. The Morgan fingerprint density at radius 2 is 2.10 bits per heavy atom. The van der Waals surface area contributed by atoms with Crippen LogP contribution < -0.4 is 0 Å². The van der Waals surface area contributed by atoms with Crippen LogP contribution in [0.2, 0.25) is 0 Å². The summed E-state index contributed by atoms with van der Waals surface area (Å²) in [5.41, 5.74) is 4.43. The van der Waals surface area contributed by atoms with Gasteiger partial charge in [0.05, 0.1) is 0 Å². The average molecular weight is 271 g/mol. The highest BCUT2D eigenvalue weighted by atomic mass is 16.3. The lowest BCUT2D eigenvalue weighted by atomic mass is 9.77. The van der Waals surface area contributed by atoms with Crippen molar-refractivity contribution in [2.45, 2.75) is 18.9 Å². The highest BCUT2D eigenvalue weighted by Gasteiger charge is 2.33. The summed E-state index contributed by atoms with van der Waals surface area (Å²) in [7, 11) is 0. The molecular weight excluding hydrogens is 251 g/mol. The van der Waals surface area contributed by atoms with Crippen molar-refractivity contribution in [3.05, 3.63) is 47.0 Å². The molecule has 4 rings (SSSR count). The van der Waals surface area contributed by atoms with Crippen LogP contribution in [0.15, 0.2) is 30.3 Å². The van der Waals surface area contributed by atoms with E-state index in [1.807, 2.05) is 18.2 Å². The van der Waals surface area contributed by atoms with Crippen LogP contribution in [0.1, 0.15) is 26.8 Å². The molecule has 0 unspecified atom stereocenters. The molecule has 0 saturated heterocycles. The average Bonchev–Trinajstić information content (AvgIpc) is 2.50. The van der Waals surface area contributed by atoms with E-state index in [1.165, 1.54) is 6.07 Å². The zero-order valence-electron chi connectivity index (χ0n) is 13.9. The summed E-state index contributed by atoms with van der Waals surface area (Å²) in [5.74, 6) is -0.274. The molecule has 0 fully saturated rings. The summed E-state index contributed by atoms with van der Waals surface area (Å²) in [5, 5.41) is 20.1. The number of aromatic hydroxyl groups is 2. The van der Waals surface area contributed by atoms with E-state index in [2.05, 4.69) is 0 Å². The SMILES string of the molecule is [2H][13C]([2H])([2H])N1CCc2cccc3c2[C@@H]1Cc1ccc(O)c(O)c1-3. The lowest BCUT2D eigenvalue weighted by Gasteiger charge is -2.39. The summed E-state index contributed by atoms with van der Waals surface area (Å²) < 4.78 is 23.5. The maximum absolute atomic E-state index is 10.3.